The number of aryl methyl sites for hydroxylation is 2. The van der Waals surface area contributed by atoms with E-state index < -0.39 is 0 Å². The zero-order valence-corrected chi connectivity index (χ0v) is 9.94. The molecule has 2 aromatic rings. The maximum absolute atomic E-state index is 5.49. The normalized spacial score (nSPS) is 11.1. The molecular formula is C13H17NS. The summed E-state index contributed by atoms with van der Waals surface area (Å²) in [4.78, 5) is 0. The zero-order chi connectivity index (χ0) is 10.7. The number of nitrogens with two attached hydrogens (primary N) is 1. The third-order valence-electron chi connectivity index (χ3n) is 2.75. The molecule has 0 spiro atoms. The zero-order valence-electron chi connectivity index (χ0n) is 9.12. The summed E-state index contributed by atoms with van der Waals surface area (Å²) in [5, 5.41) is 3.65. The molecule has 1 heterocycles. The Balaban J connectivity index is 2.18. The average molecular weight is 219 g/mol. The molecule has 80 valence electrons. The maximum atomic E-state index is 5.49. The Morgan fingerprint density at radius 2 is 2.13 bits per heavy atom. The number of fused-ring (bicyclic) bond motifs is 1. The lowest BCUT2D eigenvalue weighted by atomic mass is 10.1. The number of rotatable bonds is 4. The molecular weight excluding hydrogens is 202 g/mol. The summed E-state index contributed by atoms with van der Waals surface area (Å²) in [5.74, 6) is 0. The molecule has 0 saturated carbocycles. The van der Waals surface area contributed by atoms with Crippen molar-refractivity contribution < 1.29 is 0 Å². The minimum Gasteiger partial charge on any atom is -0.330 e. The summed E-state index contributed by atoms with van der Waals surface area (Å²) in [6, 6.07) is 6.82. The summed E-state index contributed by atoms with van der Waals surface area (Å²) in [7, 11) is 0. The van der Waals surface area contributed by atoms with Crippen LogP contribution in [-0.4, -0.2) is 6.54 Å². The standard InChI is InChI=1S/C13H17NS/c1-10-9-15-13-6-5-11(8-12(10)13)4-2-3-7-14/h5-6,8-9H,2-4,7,14H2,1H3. The third kappa shape index (κ3) is 2.39. The number of thiophene rings is 1. The summed E-state index contributed by atoms with van der Waals surface area (Å²) in [6.07, 6.45) is 3.48. The molecule has 1 aromatic heterocycles. The second-order valence-corrected chi connectivity index (χ2v) is 4.91. The van der Waals surface area contributed by atoms with E-state index in [1.807, 2.05) is 11.3 Å². The van der Waals surface area contributed by atoms with Gasteiger partial charge in [-0.15, -0.1) is 11.3 Å². The van der Waals surface area contributed by atoms with Gasteiger partial charge in [-0.2, -0.15) is 0 Å². The lowest BCUT2D eigenvalue weighted by molar-refractivity contribution is 0.745. The summed E-state index contributed by atoms with van der Waals surface area (Å²) < 4.78 is 1.40. The molecule has 0 bridgehead atoms. The predicted molar refractivity (Wildman–Crippen MR) is 68.6 cm³/mol. The SMILES string of the molecule is Cc1csc2ccc(CCCCN)cc12. The highest BCUT2D eigenvalue weighted by molar-refractivity contribution is 7.17. The van der Waals surface area contributed by atoms with Crippen LogP contribution in [0.3, 0.4) is 0 Å². The molecule has 0 aliphatic carbocycles. The van der Waals surface area contributed by atoms with E-state index >= 15 is 0 Å². The smallest absolute Gasteiger partial charge is 0.0345 e. The van der Waals surface area contributed by atoms with Crippen LogP contribution in [0.5, 0.6) is 0 Å². The molecule has 2 rings (SSSR count). The van der Waals surface area contributed by atoms with Crippen LogP contribution < -0.4 is 5.73 Å². The number of unbranched alkanes of at least 4 members (excludes halogenated alkanes) is 1. The van der Waals surface area contributed by atoms with Gasteiger partial charge in [0.25, 0.3) is 0 Å². The van der Waals surface area contributed by atoms with Gasteiger partial charge in [0.05, 0.1) is 0 Å². The molecule has 0 amide bonds. The lowest BCUT2D eigenvalue weighted by Gasteiger charge is -2.01. The predicted octanol–water partition coefficient (Wildman–Crippen LogP) is 3.49. The molecule has 1 aromatic carbocycles. The van der Waals surface area contributed by atoms with Crippen molar-refractivity contribution in [1.82, 2.24) is 0 Å². The quantitative estimate of drug-likeness (QED) is 0.783. The summed E-state index contributed by atoms with van der Waals surface area (Å²) in [6.45, 7) is 2.99. The van der Waals surface area contributed by atoms with E-state index in [-0.39, 0.29) is 0 Å². The van der Waals surface area contributed by atoms with Crippen molar-refractivity contribution in [3.8, 4) is 0 Å². The van der Waals surface area contributed by atoms with Crippen LogP contribution in [0.1, 0.15) is 24.0 Å². The number of hydrogen-bond acceptors (Lipinski definition) is 2. The van der Waals surface area contributed by atoms with Crippen molar-refractivity contribution in [1.29, 1.82) is 0 Å². The number of hydrogen-bond donors (Lipinski definition) is 1. The van der Waals surface area contributed by atoms with E-state index in [2.05, 4.69) is 30.5 Å². The minimum atomic E-state index is 0.805. The Bertz CT molecular complexity index is 445. The van der Waals surface area contributed by atoms with Gasteiger partial charge in [-0.3, -0.25) is 0 Å². The van der Waals surface area contributed by atoms with E-state index in [9.17, 15) is 0 Å². The van der Waals surface area contributed by atoms with Crippen molar-refractivity contribution in [2.75, 3.05) is 6.54 Å². The molecule has 0 atom stereocenters. The Morgan fingerprint density at radius 3 is 2.93 bits per heavy atom. The van der Waals surface area contributed by atoms with Gasteiger partial charge < -0.3 is 5.73 Å². The molecule has 0 fully saturated rings. The van der Waals surface area contributed by atoms with Gasteiger partial charge in [0.1, 0.15) is 0 Å². The van der Waals surface area contributed by atoms with Gasteiger partial charge in [0.2, 0.25) is 0 Å². The molecule has 2 heteroatoms. The van der Waals surface area contributed by atoms with E-state index in [1.54, 1.807) is 0 Å². The monoisotopic (exact) mass is 219 g/mol. The molecule has 0 aliphatic heterocycles. The van der Waals surface area contributed by atoms with E-state index in [0.29, 0.717) is 0 Å². The second-order valence-electron chi connectivity index (χ2n) is 4.00. The first-order valence-corrected chi connectivity index (χ1v) is 6.36. The van der Waals surface area contributed by atoms with Gasteiger partial charge >= 0.3 is 0 Å². The van der Waals surface area contributed by atoms with Gasteiger partial charge in [-0.1, -0.05) is 12.1 Å². The van der Waals surface area contributed by atoms with Gasteiger partial charge in [0.15, 0.2) is 0 Å². The highest BCUT2D eigenvalue weighted by Gasteiger charge is 2.01. The molecule has 2 N–H and O–H groups in total. The highest BCUT2D eigenvalue weighted by Crippen LogP contribution is 2.26. The van der Waals surface area contributed by atoms with E-state index in [0.717, 1.165) is 19.4 Å². The molecule has 0 unspecified atom stereocenters. The molecule has 0 aliphatic rings. The largest absolute Gasteiger partial charge is 0.330 e. The fraction of sp³-hybridized carbons (Fsp3) is 0.385. The van der Waals surface area contributed by atoms with Crippen LogP contribution in [0.4, 0.5) is 0 Å². The van der Waals surface area contributed by atoms with Crippen molar-refractivity contribution in [2.45, 2.75) is 26.2 Å². The van der Waals surface area contributed by atoms with Crippen LogP contribution in [0.15, 0.2) is 23.6 Å². The molecule has 0 radical (unpaired) electrons. The Morgan fingerprint density at radius 1 is 1.27 bits per heavy atom. The maximum Gasteiger partial charge on any atom is 0.0345 e. The van der Waals surface area contributed by atoms with Crippen molar-refractivity contribution in [3.05, 3.63) is 34.7 Å². The van der Waals surface area contributed by atoms with E-state index in [4.69, 9.17) is 5.73 Å². The number of benzene rings is 1. The highest BCUT2D eigenvalue weighted by atomic mass is 32.1. The van der Waals surface area contributed by atoms with Crippen LogP contribution in [-0.2, 0) is 6.42 Å². The van der Waals surface area contributed by atoms with Crippen molar-refractivity contribution in [2.24, 2.45) is 5.73 Å². The van der Waals surface area contributed by atoms with Crippen LogP contribution >= 0.6 is 11.3 Å². The van der Waals surface area contributed by atoms with E-state index in [1.165, 1.54) is 27.6 Å². The van der Waals surface area contributed by atoms with Gasteiger partial charge in [-0.25, -0.2) is 0 Å². The van der Waals surface area contributed by atoms with Crippen LogP contribution in [0.25, 0.3) is 10.1 Å². The lowest BCUT2D eigenvalue weighted by Crippen LogP contribution is -1.98. The Labute approximate surface area is 94.9 Å². The first-order valence-electron chi connectivity index (χ1n) is 5.48. The van der Waals surface area contributed by atoms with Crippen molar-refractivity contribution in [3.63, 3.8) is 0 Å². The van der Waals surface area contributed by atoms with Gasteiger partial charge in [-0.05, 0) is 60.7 Å². The van der Waals surface area contributed by atoms with Crippen LogP contribution in [0, 0.1) is 6.92 Å². The average Bonchev–Trinajstić information content (AvgIpc) is 2.61. The topological polar surface area (TPSA) is 26.0 Å². The summed E-state index contributed by atoms with van der Waals surface area (Å²) in [5.41, 5.74) is 8.33. The molecule has 1 nitrogen and oxygen atoms in total. The Hall–Kier alpha value is -0.860. The van der Waals surface area contributed by atoms with Crippen molar-refractivity contribution >= 4 is 21.4 Å². The first-order chi connectivity index (χ1) is 7.31. The fourth-order valence-electron chi connectivity index (χ4n) is 1.83. The van der Waals surface area contributed by atoms with Crippen LogP contribution in [0.2, 0.25) is 0 Å². The summed E-state index contributed by atoms with van der Waals surface area (Å²) >= 11 is 1.83. The second kappa shape index (κ2) is 4.77. The molecule has 0 saturated heterocycles. The molecule has 15 heavy (non-hydrogen) atoms. The van der Waals surface area contributed by atoms with Gasteiger partial charge in [0, 0.05) is 4.70 Å². The Kier molecular flexibility index (Phi) is 3.39. The minimum absolute atomic E-state index is 0.805. The first kappa shape index (κ1) is 10.7. The third-order valence-corrected chi connectivity index (χ3v) is 3.83. The fourth-order valence-corrected chi connectivity index (χ4v) is 2.76.